The van der Waals surface area contributed by atoms with Crippen LogP contribution in [-0.2, 0) is 0 Å². The summed E-state index contributed by atoms with van der Waals surface area (Å²) in [5.41, 5.74) is 6.47. The average molecular weight is 286 g/mol. The molecule has 0 saturated carbocycles. The van der Waals surface area contributed by atoms with Gasteiger partial charge in [-0.3, -0.25) is 5.43 Å². The fourth-order valence-corrected chi connectivity index (χ4v) is 2.93. The summed E-state index contributed by atoms with van der Waals surface area (Å²) in [5, 5.41) is 28.8. The van der Waals surface area contributed by atoms with Crippen molar-refractivity contribution in [3.8, 4) is 17.9 Å². The van der Waals surface area contributed by atoms with Crippen LogP contribution in [0.25, 0.3) is 0 Å². The highest BCUT2D eigenvalue weighted by Crippen LogP contribution is 2.41. The van der Waals surface area contributed by atoms with Gasteiger partial charge in [0, 0.05) is 23.4 Å². The van der Waals surface area contributed by atoms with Crippen LogP contribution in [0.5, 0.6) is 5.75 Å². The van der Waals surface area contributed by atoms with E-state index in [1.165, 1.54) is 0 Å². The maximum absolute atomic E-state index is 10.2. The minimum atomic E-state index is -0.870. The van der Waals surface area contributed by atoms with Crippen LogP contribution in [0.15, 0.2) is 24.3 Å². The average Bonchev–Trinajstić information content (AvgIpc) is 2.84. The van der Waals surface area contributed by atoms with Crippen molar-refractivity contribution in [3.63, 3.8) is 0 Å². The number of aliphatic hydroxyl groups is 1. The zero-order valence-electron chi connectivity index (χ0n) is 11.9. The molecule has 6 nitrogen and oxygen atoms in total. The number of ether oxygens (including phenoxy) is 1. The SMILES string of the molecule is COc1ccccc1C(C(C#N)C#N)C1C(C)NNC1O. The lowest BCUT2D eigenvalue weighted by Gasteiger charge is -2.29. The van der Waals surface area contributed by atoms with E-state index >= 15 is 0 Å². The molecule has 1 aromatic rings. The number of aliphatic hydroxyl groups excluding tert-OH is 1. The molecule has 4 unspecified atom stereocenters. The summed E-state index contributed by atoms with van der Waals surface area (Å²) in [6, 6.07) is 11.3. The number of nitrogens with one attached hydrogen (secondary N) is 2. The lowest BCUT2D eigenvalue weighted by atomic mass is 9.74. The molecule has 0 aliphatic carbocycles. The molecule has 0 bridgehead atoms. The van der Waals surface area contributed by atoms with Crippen molar-refractivity contribution < 1.29 is 9.84 Å². The Hall–Kier alpha value is -2.12. The number of nitrogens with zero attached hydrogens (tertiary/aromatic N) is 2. The van der Waals surface area contributed by atoms with Gasteiger partial charge in [-0.1, -0.05) is 18.2 Å². The smallest absolute Gasteiger partial charge is 0.140 e. The molecular weight excluding hydrogens is 268 g/mol. The Balaban J connectivity index is 2.52. The topological polar surface area (TPSA) is 101 Å². The maximum Gasteiger partial charge on any atom is 0.140 e. The second kappa shape index (κ2) is 6.55. The van der Waals surface area contributed by atoms with Gasteiger partial charge in [0.2, 0.25) is 0 Å². The number of benzene rings is 1. The van der Waals surface area contributed by atoms with Gasteiger partial charge in [0.1, 0.15) is 17.9 Å². The van der Waals surface area contributed by atoms with Gasteiger partial charge in [0.05, 0.1) is 19.2 Å². The summed E-state index contributed by atoms with van der Waals surface area (Å²) in [6.07, 6.45) is -0.834. The zero-order valence-corrected chi connectivity index (χ0v) is 11.9. The third-order valence-corrected chi connectivity index (χ3v) is 3.95. The van der Waals surface area contributed by atoms with E-state index in [0.29, 0.717) is 5.75 Å². The highest BCUT2D eigenvalue weighted by Gasteiger charge is 2.43. The van der Waals surface area contributed by atoms with Crippen LogP contribution < -0.4 is 15.6 Å². The molecule has 1 aromatic carbocycles. The molecule has 110 valence electrons. The van der Waals surface area contributed by atoms with Crippen molar-refractivity contribution >= 4 is 0 Å². The van der Waals surface area contributed by atoms with Crippen LogP contribution in [0, 0.1) is 34.5 Å². The van der Waals surface area contributed by atoms with Gasteiger partial charge in [-0.05, 0) is 13.0 Å². The lowest BCUT2D eigenvalue weighted by Crippen LogP contribution is -2.35. The molecule has 6 heteroatoms. The summed E-state index contributed by atoms with van der Waals surface area (Å²) >= 11 is 0. The second-order valence-electron chi connectivity index (χ2n) is 5.10. The van der Waals surface area contributed by atoms with Crippen LogP contribution in [0.1, 0.15) is 18.4 Å². The molecule has 0 aromatic heterocycles. The molecule has 1 heterocycles. The molecule has 0 spiro atoms. The number of rotatable bonds is 4. The number of hydrazine groups is 1. The van der Waals surface area contributed by atoms with Crippen LogP contribution in [0.4, 0.5) is 0 Å². The van der Waals surface area contributed by atoms with Crippen LogP contribution in [0.3, 0.4) is 0 Å². The second-order valence-corrected chi connectivity index (χ2v) is 5.10. The first-order valence-corrected chi connectivity index (χ1v) is 6.75. The predicted octanol–water partition coefficient (Wildman–Crippen LogP) is 0.873. The molecule has 21 heavy (non-hydrogen) atoms. The highest BCUT2D eigenvalue weighted by molar-refractivity contribution is 5.39. The van der Waals surface area contributed by atoms with Gasteiger partial charge in [0.25, 0.3) is 0 Å². The Morgan fingerprint density at radius 2 is 1.90 bits per heavy atom. The summed E-state index contributed by atoms with van der Waals surface area (Å²) in [4.78, 5) is 0. The van der Waals surface area contributed by atoms with Gasteiger partial charge >= 0.3 is 0 Å². The minimum Gasteiger partial charge on any atom is -0.496 e. The summed E-state index contributed by atoms with van der Waals surface area (Å²) < 4.78 is 5.35. The van der Waals surface area contributed by atoms with Gasteiger partial charge in [-0.2, -0.15) is 10.5 Å². The van der Waals surface area contributed by atoms with Crippen molar-refractivity contribution in [1.29, 1.82) is 10.5 Å². The molecule has 2 rings (SSSR count). The maximum atomic E-state index is 10.2. The third-order valence-electron chi connectivity index (χ3n) is 3.95. The van der Waals surface area contributed by atoms with E-state index in [-0.39, 0.29) is 12.0 Å². The van der Waals surface area contributed by atoms with E-state index in [0.717, 1.165) is 5.56 Å². The quantitative estimate of drug-likeness (QED) is 0.759. The lowest BCUT2D eigenvalue weighted by molar-refractivity contribution is 0.0889. The first-order valence-electron chi connectivity index (χ1n) is 6.75. The third kappa shape index (κ3) is 2.84. The predicted molar refractivity (Wildman–Crippen MR) is 75.7 cm³/mol. The first-order chi connectivity index (χ1) is 10.1. The van der Waals surface area contributed by atoms with Crippen LogP contribution >= 0.6 is 0 Å². The first kappa shape index (κ1) is 15.3. The van der Waals surface area contributed by atoms with E-state index in [2.05, 4.69) is 10.9 Å². The molecular formula is C15H18N4O2. The fraction of sp³-hybridized carbons (Fsp3) is 0.467. The Kier molecular flexibility index (Phi) is 4.77. The van der Waals surface area contributed by atoms with Crippen LogP contribution in [-0.4, -0.2) is 24.5 Å². The molecule has 3 N–H and O–H groups in total. The molecule has 1 aliphatic rings. The van der Waals surface area contributed by atoms with Gasteiger partial charge in [-0.25, -0.2) is 5.43 Å². The van der Waals surface area contributed by atoms with Crippen LogP contribution in [0.2, 0.25) is 0 Å². The van der Waals surface area contributed by atoms with E-state index < -0.39 is 18.1 Å². The molecule has 4 atom stereocenters. The monoisotopic (exact) mass is 286 g/mol. The van der Waals surface area contributed by atoms with Gasteiger partial charge < -0.3 is 9.84 Å². The summed E-state index contributed by atoms with van der Waals surface area (Å²) in [5.74, 6) is -1.02. The molecule has 1 saturated heterocycles. The number of para-hydroxylation sites is 1. The van der Waals surface area contributed by atoms with E-state index in [1.807, 2.05) is 37.3 Å². The van der Waals surface area contributed by atoms with Crippen molar-refractivity contribution in [3.05, 3.63) is 29.8 Å². The molecule has 1 aliphatic heterocycles. The Labute approximate surface area is 123 Å². The number of nitriles is 2. The Bertz CT molecular complexity index is 554. The zero-order chi connectivity index (χ0) is 15.4. The van der Waals surface area contributed by atoms with Crippen molar-refractivity contribution in [1.82, 2.24) is 10.9 Å². The van der Waals surface area contributed by atoms with E-state index in [1.54, 1.807) is 13.2 Å². The number of hydrogen-bond acceptors (Lipinski definition) is 6. The molecule has 1 fully saturated rings. The van der Waals surface area contributed by atoms with E-state index in [9.17, 15) is 15.6 Å². The fourth-order valence-electron chi connectivity index (χ4n) is 2.93. The minimum absolute atomic E-state index is 0.0842. The summed E-state index contributed by atoms with van der Waals surface area (Å²) in [7, 11) is 1.55. The summed E-state index contributed by atoms with van der Waals surface area (Å²) in [6.45, 7) is 1.90. The normalized spacial score (nSPS) is 26.1. The van der Waals surface area contributed by atoms with Crippen molar-refractivity contribution in [2.24, 2.45) is 11.8 Å². The van der Waals surface area contributed by atoms with Crippen molar-refractivity contribution in [2.75, 3.05) is 7.11 Å². The Morgan fingerprint density at radius 3 is 2.43 bits per heavy atom. The van der Waals surface area contributed by atoms with Crippen molar-refractivity contribution in [2.45, 2.75) is 25.1 Å². The van der Waals surface area contributed by atoms with E-state index in [4.69, 9.17) is 4.74 Å². The highest BCUT2D eigenvalue weighted by atomic mass is 16.5. The number of methoxy groups -OCH3 is 1. The number of hydrogen-bond donors (Lipinski definition) is 3. The largest absolute Gasteiger partial charge is 0.496 e. The van der Waals surface area contributed by atoms with Gasteiger partial charge in [0.15, 0.2) is 0 Å². The standard InChI is InChI=1S/C15H18N4O2/c1-9-13(15(20)19-18-9)14(10(7-16)8-17)11-5-3-4-6-12(11)21-2/h3-6,9-10,13-15,18-20H,1-2H3. The molecule has 0 radical (unpaired) electrons. The van der Waals surface area contributed by atoms with Gasteiger partial charge in [-0.15, -0.1) is 0 Å². The molecule has 0 amide bonds. The Morgan fingerprint density at radius 1 is 1.24 bits per heavy atom.